The second kappa shape index (κ2) is 9.76. The van der Waals surface area contributed by atoms with Crippen molar-refractivity contribution < 1.29 is 56.3 Å². The maximum atomic E-state index is 8.61. The van der Waals surface area contributed by atoms with Gasteiger partial charge in [-0.25, -0.2) is 0 Å². The molecule has 0 fully saturated rings. The minimum absolute atomic E-state index is 2.27. The summed E-state index contributed by atoms with van der Waals surface area (Å²) >= 11 is -6.55. The summed E-state index contributed by atoms with van der Waals surface area (Å²) in [6.45, 7) is 0. The normalized spacial score (nSPS) is 4.57. The first-order valence-corrected chi connectivity index (χ1v) is 6.51. The fourth-order valence-electron chi connectivity index (χ4n) is 0. The maximum absolute atomic E-state index is 8.61. The molecule has 0 rings (SSSR count). The van der Waals surface area contributed by atoms with Crippen LogP contribution in [0, 0.1) is 0 Å². The summed E-state index contributed by atoms with van der Waals surface area (Å²) in [4.78, 5) is 0. The van der Waals surface area contributed by atoms with Gasteiger partial charge in [0.2, 0.25) is 0 Å². The van der Waals surface area contributed by atoms with Crippen molar-refractivity contribution >= 4 is 0 Å². The molecule has 40 valence electrons. The second-order valence-corrected chi connectivity index (χ2v) is 2.16. The van der Waals surface area contributed by atoms with Crippen molar-refractivity contribution in [3.8, 4) is 0 Å². The van der Waals surface area contributed by atoms with Crippen LogP contribution in [-0.4, -0.2) is 0 Å². The summed E-state index contributed by atoms with van der Waals surface area (Å²) < 4.78 is 42.9. The molecule has 0 unspecified atom stereocenters. The molecule has 0 saturated carbocycles. The molecule has 0 radical (unpaired) electrons. The molecule has 0 saturated heterocycles. The van der Waals surface area contributed by atoms with Crippen molar-refractivity contribution in [3.05, 3.63) is 0 Å². The molecule has 0 heterocycles. The second-order valence-electron chi connectivity index (χ2n) is 0.287. The zero-order valence-electron chi connectivity index (χ0n) is 2.95. The van der Waals surface area contributed by atoms with Crippen LogP contribution in [0.2, 0.25) is 0 Å². The third-order valence-corrected chi connectivity index (χ3v) is 0. The average molecular weight is 355 g/mol. The van der Waals surface area contributed by atoms with Gasteiger partial charge in [0, 0.05) is 0 Å². The molecule has 0 aromatic heterocycles. The van der Waals surface area contributed by atoms with E-state index in [1.807, 2.05) is 0 Å². The molecule has 0 amide bonds. The zero-order chi connectivity index (χ0) is 6.28. The quantitative estimate of drug-likeness (QED) is 0.580. The van der Waals surface area contributed by atoms with E-state index in [0.29, 0.717) is 0 Å². The van der Waals surface area contributed by atoms with Gasteiger partial charge in [-0.15, -0.1) is 0 Å². The predicted octanol–water partition coefficient (Wildman–Crippen LogP) is -0.599. The fourth-order valence-corrected chi connectivity index (χ4v) is 0. The van der Waals surface area contributed by atoms with Crippen LogP contribution >= 0.6 is 0 Å². The molecule has 0 bridgehead atoms. The van der Waals surface area contributed by atoms with Gasteiger partial charge in [-0.2, -0.15) is 0 Å². The molecule has 5 nitrogen and oxygen atoms in total. The van der Waals surface area contributed by atoms with E-state index in [2.05, 4.69) is 0 Å². The van der Waals surface area contributed by atoms with E-state index in [1.165, 1.54) is 0 Å². The van der Waals surface area contributed by atoms with Crippen molar-refractivity contribution in [1.82, 2.24) is 0 Å². The van der Waals surface area contributed by atoms with Crippen molar-refractivity contribution in [2.45, 2.75) is 0 Å². The van der Waals surface area contributed by atoms with Crippen LogP contribution < -0.4 is 0 Å². The Bertz CT molecular complexity index is 135. The Labute approximate surface area is 56.0 Å². The molecule has 0 aromatic rings. The van der Waals surface area contributed by atoms with Gasteiger partial charge in [0.15, 0.2) is 0 Å². The zero-order valence-corrected chi connectivity index (χ0v) is 8.34. The molecule has 0 N–H and O–H groups in total. The molecule has 0 atom stereocenters. The van der Waals surface area contributed by atoms with Crippen LogP contribution in [-0.2, 0) is 56.3 Å². The van der Waals surface area contributed by atoms with Crippen molar-refractivity contribution in [3.63, 3.8) is 0 Å². The van der Waals surface area contributed by atoms with E-state index in [1.54, 1.807) is 0 Å². The number of rotatable bonds is 0. The van der Waals surface area contributed by atoms with Gasteiger partial charge in [0.1, 0.15) is 0 Å². The minimum atomic E-state index is -4.28. The fraction of sp³-hybridized carbons (Fsp3) is 0. The van der Waals surface area contributed by atoms with Gasteiger partial charge in [0.05, 0.1) is 0 Å². The van der Waals surface area contributed by atoms with Crippen molar-refractivity contribution in [2.24, 2.45) is 0 Å². The first-order chi connectivity index (χ1) is 3.15. The summed E-state index contributed by atoms with van der Waals surface area (Å²) in [7, 11) is 0. The molecule has 7 heavy (non-hydrogen) atoms. The number of hydrogen-bond donors (Lipinski definition) is 0. The Morgan fingerprint density at radius 3 is 1.00 bits per heavy atom. The number of hydrogen-bond acceptors (Lipinski definition) is 5. The Morgan fingerprint density at radius 1 is 1.00 bits per heavy atom. The Kier molecular flexibility index (Phi) is 14.7. The SMILES string of the molecule is [O]=[W](=[O])=[O].[O]=[Zr]=[O]. The van der Waals surface area contributed by atoms with Gasteiger partial charge >= 0.3 is 56.3 Å². The van der Waals surface area contributed by atoms with Crippen LogP contribution in [0.25, 0.3) is 0 Å². The van der Waals surface area contributed by atoms with Crippen LogP contribution in [0.5, 0.6) is 0 Å². The van der Waals surface area contributed by atoms with Crippen LogP contribution in [0.4, 0.5) is 0 Å². The molecule has 0 spiro atoms. The van der Waals surface area contributed by atoms with E-state index in [-0.39, 0.29) is 0 Å². The molecule has 0 aliphatic carbocycles. The van der Waals surface area contributed by atoms with Gasteiger partial charge in [-0.3, -0.25) is 0 Å². The predicted molar refractivity (Wildman–Crippen MR) is 3.43 cm³/mol. The first-order valence-electron chi connectivity index (χ1n) is 0.908. The molecule has 7 heteroatoms. The third-order valence-electron chi connectivity index (χ3n) is 0. The van der Waals surface area contributed by atoms with E-state index in [0.717, 1.165) is 0 Å². The summed E-state index contributed by atoms with van der Waals surface area (Å²) in [5.74, 6) is 0. The summed E-state index contributed by atoms with van der Waals surface area (Å²) in [5.41, 5.74) is 0. The third kappa shape index (κ3) is 421. The standard InChI is InChI=1S/5O.W.Zr. The van der Waals surface area contributed by atoms with Crippen molar-refractivity contribution in [1.29, 1.82) is 0 Å². The van der Waals surface area contributed by atoms with Crippen LogP contribution in [0.15, 0.2) is 0 Å². The Balaban J connectivity index is 0. The van der Waals surface area contributed by atoms with E-state index >= 15 is 0 Å². The van der Waals surface area contributed by atoms with E-state index in [4.69, 9.17) is 15.8 Å². The van der Waals surface area contributed by atoms with Crippen molar-refractivity contribution in [2.75, 3.05) is 0 Å². The summed E-state index contributed by atoms with van der Waals surface area (Å²) in [6, 6.07) is 0. The van der Waals surface area contributed by atoms with Gasteiger partial charge in [-0.1, -0.05) is 0 Å². The van der Waals surface area contributed by atoms with Crippen LogP contribution in [0.1, 0.15) is 0 Å². The summed E-state index contributed by atoms with van der Waals surface area (Å²) in [5, 5.41) is 0. The van der Waals surface area contributed by atoms with Gasteiger partial charge < -0.3 is 0 Å². The monoisotopic (exact) mass is 354 g/mol. The van der Waals surface area contributed by atoms with E-state index < -0.39 is 40.4 Å². The van der Waals surface area contributed by atoms with Crippen LogP contribution in [0.3, 0.4) is 0 Å². The Hall–Kier alpha value is 0.571. The molecule has 0 aliphatic rings. The Morgan fingerprint density at radius 2 is 1.00 bits per heavy atom. The molecular weight excluding hydrogens is 355 g/mol. The van der Waals surface area contributed by atoms with Gasteiger partial charge in [0.25, 0.3) is 0 Å². The topological polar surface area (TPSA) is 85.3 Å². The average Bonchev–Trinajstić information content (AvgIpc) is 1.33. The molecule has 0 aromatic carbocycles. The first kappa shape index (κ1) is 10.5. The van der Waals surface area contributed by atoms with Gasteiger partial charge in [-0.05, 0) is 0 Å². The summed E-state index contributed by atoms with van der Waals surface area (Å²) in [6.07, 6.45) is 0. The molecule has 0 aliphatic heterocycles. The molecular formula is O5WZr. The van der Waals surface area contributed by atoms with E-state index in [9.17, 15) is 0 Å².